The van der Waals surface area contributed by atoms with Crippen molar-refractivity contribution in [1.29, 1.82) is 0 Å². The number of carbonyl (C=O) groups is 1. The zero-order valence-corrected chi connectivity index (χ0v) is 22.5. The molecule has 6 atom stereocenters. The highest BCUT2D eigenvalue weighted by atomic mass is 32.1. The van der Waals surface area contributed by atoms with Crippen LogP contribution in [0.15, 0.2) is 11.6 Å². The average molecular weight is 518 g/mol. The maximum Gasteiger partial charge on any atom is 0.226 e. The van der Waals surface area contributed by atoms with Gasteiger partial charge < -0.3 is 19.5 Å². The first-order valence-electron chi connectivity index (χ1n) is 14.2. The zero-order chi connectivity index (χ0) is 24.7. The van der Waals surface area contributed by atoms with Gasteiger partial charge in [-0.15, -0.1) is 11.3 Å². The molecule has 1 aromatic rings. The predicted octanol–water partition coefficient (Wildman–Crippen LogP) is 3.42. The minimum atomic E-state index is -0.0316. The largest absolute Gasteiger partial charge is 0.394 e. The van der Waals surface area contributed by atoms with E-state index in [1.54, 1.807) is 11.3 Å². The number of thiazole rings is 1. The van der Waals surface area contributed by atoms with Crippen molar-refractivity contribution in [2.24, 2.45) is 35.0 Å². The molecule has 5 aliphatic rings. The van der Waals surface area contributed by atoms with Crippen LogP contribution in [0.2, 0.25) is 0 Å². The topological polar surface area (TPSA) is 75.1 Å². The molecule has 0 aromatic carbocycles. The fourth-order valence-corrected chi connectivity index (χ4v) is 9.60. The lowest BCUT2D eigenvalue weighted by Crippen LogP contribution is -2.64. The van der Waals surface area contributed by atoms with Crippen LogP contribution in [0.25, 0.3) is 0 Å². The Balaban J connectivity index is 1.27. The van der Waals surface area contributed by atoms with E-state index in [1.807, 2.05) is 13.3 Å². The zero-order valence-electron chi connectivity index (χ0n) is 21.7. The van der Waals surface area contributed by atoms with Crippen LogP contribution in [-0.4, -0.2) is 84.5 Å². The van der Waals surface area contributed by atoms with E-state index >= 15 is 0 Å². The Morgan fingerprint density at radius 1 is 1.19 bits per heavy atom. The van der Waals surface area contributed by atoms with Crippen LogP contribution in [0.3, 0.4) is 0 Å². The number of aromatic nitrogens is 1. The van der Waals surface area contributed by atoms with Gasteiger partial charge in [-0.2, -0.15) is 0 Å². The first kappa shape index (κ1) is 25.2. The van der Waals surface area contributed by atoms with Crippen molar-refractivity contribution in [2.75, 3.05) is 46.6 Å². The van der Waals surface area contributed by atoms with Crippen molar-refractivity contribution in [3.8, 4) is 0 Å². The number of piperidine rings is 2. The van der Waals surface area contributed by atoms with Crippen molar-refractivity contribution >= 4 is 17.2 Å². The van der Waals surface area contributed by atoms with Gasteiger partial charge in [0.1, 0.15) is 5.01 Å². The molecule has 2 aliphatic carbocycles. The van der Waals surface area contributed by atoms with Crippen LogP contribution in [0.1, 0.15) is 56.4 Å². The summed E-state index contributed by atoms with van der Waals surface area (Å²) in [5.41, 5.74) is 0.163. The van der Waals surface area contributed by atoms with Crippen LogP contribution in [-0.2, 0) is 20.8 Å². The summed E-state index contributed by atoms with van der Waals surface area (Å²) in [6.45, 7) is 5.37. The highest BCUT2D eigenvalue weighted by Gasteiger charge is 2.61. The summed E-state index contributed by atoms with van der Waals surface area (Å²) >= 11 is 1.74. The van der Waals surface area contributed by atoms with Gasteiger partial charge in [0.15, 0.2) is 0 Å². The van der Waals surface area contributed by atoms with Crippen molar-refractivity contribution in [3.63, 3.8) is 0 Å². The van der Waals surface area contributed by atoms with Crippen molar-refractivity contribution in [2.45, 2.75) is 70.1 Å². The van der Waals surface area contributed by atoms with Gasteiger partial charge in [0.2, 0.25) is 5.91 Å². The Morgan fingerprint density at radius 2 is 2.00 bits per heavy atom. The number of fused-ring (bicyclic) bond motifs is 4. The third-order valence-corrected chi connectivity index (χ3v) is 11.4. The van der Waals surface area contributed by atoms with E-state index in [4.69, 9.17) is 9.47 Å². The Morgan fingerprint density at radius 3 is 2.69 bits per heavy atom. The van der Waals surface area contributed by atoms with E-state index < -0.39 is 0 Å². The Hall–Kier alpha value is -1.06. The number of methoxy groups -OCH3 is 1. The van der Waals surface area contributed by atoms with Crippen LogP contribution < -0.4 is 0 Å². The molecule has 3 saturated heterocycles. The molecule has 4 heterocycles. The Bertz CT molecular complexity index is 883. The highest BCUT2D eigenvalue weighted by molar-refractivity contribution is 7.09. The quantitative estimate of drug-likeness (QED) is 0.645. The van der Waals surface area contributed by atoms with Gasteiger partial charge in [0, 0.05) is 44.4 Å². The second kappa shape index (κ2) is 10.6. The molecule has 8 heteroatoms. The summed E-state index contributed by atoms with van der Waals surface area (Å²) in [7, 11) is 1.86. The molecule has 5 unspecified atom stereocenters. The standard InChI is InChI=1S/C28H43N3O4S/c1-34-21-2-3-22-20(14-21)15-23-24(17-32)31(27(33)19-4-11-35-12-5-19)18-28(26(22)23)6-9-30(10-7-28)16-25-29-8-13-36-25/h8,13,19-24,26,32H,2-7,9-12,14-18H2,1H3/t20?,21?,22?,23?,24-,26?/m0/s1. The van der Waals surface area contributed by atoms with Crippen LogP contribution in [0.5, 0.6) is 0 Å². The van der Waals surface area contributed by atoms with E-state index in [0.29, 0.717) is 43.0 Å². The summed E-state index contributed by atoms with van der Waals surface area (Å²) in [6.07, 6.45) is 10.9. The molecular formula is C28H43N3O4S. The monoisotopic (exact) mass is 517 g/mol. The number of likely N-dealkylation sites (tertiary alicyclic amines) is 2. The smallest absolute Gasteiger partial charge is 0.226 e. The SMILES string of the molecule is COC1CCC2C(C1)CC1C2C2(CCN(Cc3nccs3)CC2)CN(C(=O)C2CCOCC2)[C@H]1CO. The summed E-state index contributed by atoms with van der Waals surface area (Å²) in [6, 6.07) is -0.0316. The molecular weight excluding hydrogens is 474 g/mol. The summed E-state index contributed by atoms with van der Waals surface area (Å²) in [4.78, 5) is 23.2. The summed E-state index contributed by atoms with van der Waals surface area (Å²) < 4.78 is 11.4. The molecule has 1 amide bonds. The lowest BCUT2D eigenvalue weighted by atomic mass is 9.57. The lowest BCUT2D eigenvalue weighted by molar-refractivity contribution is -0.160. The van der Waals surface area contributed by atoms with Crippen LogP contribution in [0, 0.1) is 35.0 Å². The molecule has 1 N–H and O–H groups in total. The molecule has 1 aromatic heterocycles. The molecule has 0 bridgehead atoms. The summed E-state index contributed by atoms with van der Waals surface area (Å²) in [5.74, 6) is 2.72. The first-order valence-corrected chi connectivity index (χ1v) is 15.1. The van der Waals surface area contributed by atoms with Crippen LogP contribution >= 0.6 is 11.3 Å². The third-order valence-electron chi connectivity index (χ3n) is 10.6. The average Bonchev–Trinajstić information content (AvgIpc) is 3.58. The maximum absolute atomic E-state index is 13.9. The number of rotatable bonds is 5. The normalized spacial score (nSPS) is 37.1. The van der Waals surface area contributed by atoms with Gasteiger partial charge in [-0.05, 0) is 93.5 Å². The molecule has 0 radical (unpaired) electrons. The Kier molecular flexibility index (Phi) is 7.43. The second-order valence-electron chi connectivity index (χ2n) is 12.2. The van der Waals surface area contributed by atoms with Crippen molar-refractivity contribution in [3.05, 3.63) is 16.6 Å². The molecule has 36 heavy (non-hydrogen) atoms. The molecule has 3 aliphatic heterocycles. The molecule has 6 rings (SSSR count). The van der Waals surface area contributed by atoms with E-state index in [-0.39, 0.29) is 29.9 Å². The lowest BCUT2D eigenvalue weighted by Gasteiger charge is -2.58. The second-order valence-corrected chi connectivity index (χ2v) is 13.2. The van der Waals surface area contributed by atoms with E-state index in [2.05, 4.69) is 20.2 Å². The number of amides is 1. The highest BCUT2D eigenvalue weighted by Crippen LogP contribution is 2.62. The molecule has 5 fully saturated rings. The molecule has 200 valence electrons. The Labute approximate surface area is 219 Å². The van der Waals surface area contributed by atoms with Gasteiger partial charge in [-0.1, -0.05) is 0 Å². The first-order chi connectivity index (χ1) is 17.6. The fourth-order valence-electron chi connectivity index (χ4n) is 8.94. The van der Waals surface area contributed by atoms with Crippen molar-refractivity contribution < 1.29 is 19.4 Å². The van der Waals surface area contributed by atoms with E-state index in [9.17, 15) is 9.90 Å². The summed E-state index contributed by atoms with van der Waals surface area (Å²) in [5, 5.41) is 14.0. The number of nitrogens with zero attached hydrogens (tertiary/aromatic N) is 3. The predicted molar refractivity (Wildman–Crippen MR) is 138 cm³/mol. The number of carbonyl (C=O) groups excluding carboxylic acids is 1. The molecule has 1 spiro atoms. The number of hydrogen-bond donors (Lipinski definition) is 1. The van der Waals surface area contributed by atoms with Gasteiger partial charge in [0.25, 0.3) is 0 Å². The maximum atomic E-state index is 13.9. The number of hydrogen-bond acceptors (Lipinski definition) is 7. The number of ether oxygens (including phenoxy) is 2. The fraction of sp³-hybridized carbons (Fsp3) is 0.857. The molecule has 7 nitrogen and oxygen atoms in total. The minimum Gasteiger partial charge on any atom is -0.394 e. The number of aliphatic hydroxyl groups is 1. The minimum absolute atomic E-state index is 0.0316. The van der Waals surface area contributed by atoms with E-state index in [0.717, 1.165) is 71.1 Å². The van der Waals surface area contributed by atoms with Gasteiger partial charge in [-0.3, -0.25) is 9.69 Å². The van der Waals surface area contributed by atoms with Crippen LogP contribution in [0.4, 0.5) is 0 Å². The van der Waals surface area contributed by atoms with Gasteiger partial charge in [-0.25, -0.2) is 4.98 Å². The van der Waals surface area contributed by atoms with Gasteiger partial charge >= 0.3 is 0 Å². The number of aliphatic hydroxyl groups excluding tert-OH is 1. The van der Waals surface area contributed by atoms with E-state index in [1.165, 1.54) is 11.4 Å². The third kappa shape index (κ3) is 4.55. The van der Waals surface area contributed by atoms with Gasteiger partial charge in [0.05, 0.1) is 25.3 Å². The van der Waals surface area contributed by atoms with Crippen molar-refractivity contribution in [1.82, 2.24) is 14.8 Å². The molecule has 2 saturated carbocycles.